The van der Waals surface area contributed by atoms with E-state index in [1.165, 1.54) is 0 Å². The fourth-order valence-corrected chi connectivity index (χ4v) is 5.15. The number of H-pyrrole nitrogens is 3. The predicted molar refractivity (Wildman–Crippen MR) is 154 cm³/mol. The van der Waals surface area contributed by atoms with Gasteiger partial charge < -0.3 is 15.0 Å². The van der Waals surface area contributed by atoms with Crippen molar-refractivity contribution in [2.24, 2.45) is 0 Å². The van der Waals surface area contributed by atoms with Crippen LogP contribution in [0, 0.1) is 0 Å². The van der Waals surface area contributed by atoms with Crippen LogP contribution in [0.25, 0.3) is 32.7 Å². The summed E-state index contributed by atoms with van der Waals surface area (Å²) in [6, 6.07) is 17.3. The Bertz CT molecular complexity index is 1500. The zero-order chi connectivity index (χ0) is 25.7. The number of carbonyl (C=O) groups excluding carboxylic acids is 3. The third-order valence-corrected chi connectivity index (χ3v) is 7.45. The maximum Gasteiger partial charge on any atom is 0.152 e. The quantitative estimate of drug-likeness (QED) is 0.165. The molecule has 6 aromatic rings. The van der Waals surface area contributed by atoms with Crippen molar-refractivity contribution < 1.29 is 14.4 Å². The van der Waals surface area contributed by atoms with Gasteiger partial charge in [0.1, 0.15) is 0 Å². The lowest BCUT2D eigenvalue weighted by Gasteiger charge is -1.92. The number of hydrogen-bond acceptors (Lipinski definition) is 3. The Morgan fingerprint density at radius 3 is 1.00 bits per heavy atom. The van der Waals surface area contributed by atoms with Crippen molar-refractivity contribution in [3.05, 3.63) is 103 Å². The summed E-state index contributed by atoms with van der Waals surface area (Å²) in [7, 11) is 0. The molecule has 6 nitrogen and oxygen atoms in total. The van der Waals surface area contributed by atoms with E-state index < -0.39 is 0 Å². The minimum absolute atomic E-state index is 0.700. The van der Waals surface area contributed by atoms with E-state index in [9.17, 15) is 14.4 Å². The van der Waals surface area contributed by atoms with E-state index in [1.807, 2.05) is 54.6 Å². The molecule has 0 saturated heterocycles. The number of aldehydes is 3. The number of para-hydroxylation sites is 3. The van der Waals surface area contributed by atoms with Gasteiger partial charge in [-0.05, 0) is 66.0 Å². The maximum atomic E-state index is 10.6. The van der Waals surface area contributed by atoms with Crippen LogP contribution in [0.2, 0.25) is 0 Å². The molecule has 0 aliphatic heterocycles. The Morgan fingerprint density at radius 1 is 0.472 bits per heavy atom. The van der Waals surface area contributed by atoms with Crippen molar-refractivity contribution in [3.8, 4) is 0 Å². The SMILES string of the molecule is O=Cc1c[nH]c2c(Br)cccc12.O=Cc1c[nH]c2c(Br)cccc12.O=Cc1c[nH]c2c(Br)cccc12. The first-order valence-electron chi connectivity index (χ1n) is 10.6. The highest BCUT2D eigenvalue weighted by molar-refractivity contribution is 9.11. The van der Waals surface area contributed by atoms with Gasteiger partial charge >= 0.3 is 0 Å². The second-order valence-electron chi connectivity index (χ2n) is 7.57. The highest BCUT2D eigenvalue weighted by atomic mass is 79.9. The monoisotopic (exact) mass is 669 g/mol. The number of fused-ring (bicyclic) bond motifs is 3. The number of carbonyl (C=O) groups is 3. The minimum Gasteiger partial charge on any atom is -0.360 e. The van der Waals surface area contributed by atoms with Gasteiger partial charge in [-0.25, -0.2) is 0 Å². The van der Waals surface area contributed by atoms with E-state index in [2.05, 4.69) is 62.7 Å². The van der Waals surface area contributed by atoms with Crippen LogP contribution in [0.4, 0.5) is 0 Å². The molecule has 0 aliphatic rings. The third-order valence-electron chi connectivity index (χ3n) is 5.47. The largest absolute Gasteiger partial charge is 0.360 e. The summed E-state index contributed by atoms with van der Waals surface area (Å²) in [4.78, 5) is 40.8. The van der Waals surface area contributed by atoms with Crippen molar-refractivity contribution in [2.45, 2.75) is 0 Å². The fourth-order valence-electron chi connectivity index (χ4n) is 3.71. The molecule has 180 valence electrons. The Balaban J connectivity index is 0.000000127. The molecule has 0 atom stereocenters. The van der Waals surface area contributed by atoms with Crippen molar-refractivity contribution >= 4 is 99.4 Å². The summed E-state index contributed by atoms with van der Waals surface area (Å²) in [5, 5.41) is 2.87. The molecule has 0 amide bonds. The second-order valence-corrected chi connectivity index (χ2v) is 10.1. The number of nitrogens with one attached hydrogen (secondary N) is 3. The van der Waals surface area contributed by atoms with Gasteiger partial charge in [0.2, 0.25) is 0 Å². The number of halogens is 3. The normalized spacial score (nSPS) is 10.4. The average Bonchev–Trinajstić information content (AvgIpc) is 3.62. The van der Waals surface area contributed by atoms with Crippen LogP contribution in [-0.2, 0) is 0 Å². The number of benzene rings is 3. The molecule has 3 heterocycles. The number of aromatic amines is 3. The first-order valence-corrected chi connectivity index (χ1v) is 13.0. The number of aromatic nitrogens is 3. The summed E-state index contributed by atoms with van der Waals surface area (Å²) in [5.74, 6) is 0. The molecule has 0 bridgehead atoms. The number of rotatable bonds is 3. The van der Waals surface area contributed by atoms with Gasteiger partial charge in [-0.3, -0.25) is 14.4 Å². The molecule has 6 rings (SSSR count). The Morgan fingerprint density at radius 2 is 0.750 bits per heavy atom. The topological polar surface area (TPSA) is 98.6 Å². The maximum absolute atomic E-state index is 10.6. The minimum atomic E-state index is 0.700. The first kappa shape index (κ1) is 25.8. The zero-order valence-electron chi connectivity index (χ0n) is 18.5. The lowest BCUT2D eigenvalue weighted by molar-refractivity contribution is 0.111. The highest BCUT2D eigenvalue weighted by Gasteiger charge is 2.05. The van der Waals surface area contributed by atoms with Gasteiger partial charge in [-0.1, -0.05) is 36.4 Å². The Hall–Kier alpha value is -3.27. The molecule has 36 heavy (non-hydrogen) atoms. The first-order chi connectivity index (χ1) is 17.5. The van der Waals surface area contributed by atoms with Gasteiger partial charge in [0.05, 0.1) is 16.6 Å². The Kier molecular flexibility index (Phi) is 8.35. The van der Waals surface area contributed by atoms with Gasteiger partial charge in [-0.2, -0.15) is 0 Å². The molecule has 9 heteroatoms. The van der Waals surface area contributed by atoms with Crippen molar-refractivity contribution in [3.63, 3.8) is 0 Å². The molecule has 0 fully saturated rings. The summed E-state index contributed by atoms with van der Waals surface area (Å²) >= 11 is 10.2. The van der Waals surface area contributed by atoms with E-state index in [-0.39, 0.29) is 0 Å². The molecule has 3 aromatic heterocycles. The van der Waals surface area contributed by atoms with Gasteiger partial charge in [0.25, 0.3) is 0 Å². The average molecular weight is 672 g/mol. The summed E-state index contributed by atoms with van der Waals surface area (Å²) in [5.41, 5.74) is 5.02. The molecule has 0 saturated carbocycles. The molecule has 3 aromatic carbocycles. The van der Waals surface area contributed by atoms with Crippen LogP contribution < -0.4 is 0 Å². The van der Waals surface area contributed by atoms with Crippen LogP contribution in [0.1, 0.15) is 31.1 Å². The van der Waals surface area contributed by atoms with Crippen LogP contribution in [0.15, 0.2) is 86.6 Å². The Labute approximate surface area is 230 Å². The van der Waals surface area contributed by atoms with Crippen LogP contribution in [0.5, 0.6) is 0 Å². The lowest BCUT2D eigenvalue weighted by atomic mass is 10.2. The van der Waals surface area contributed by atoms with Crippen LogP contribution >= 0.6 is 47.8 Å². The summed E-state index contributed by atoms with van der Waals surface area (Å²) in [6.07, 6.45) is 7.69. The predicted octanol–water partition coefficient (Wildman–Crippen LogP) is 8.23. The van der Waals surface area contributed by atoms with E-state index in [1.54, 1.807) is 18.6 Å². The number of hydrogen-bond donors (Lipinski definition) is 3. The van der Waals surface area contributed by atoms with E-state index in [4.69, 9.17) is 0 Å². The van der Waals surface area contributed by atoms with E-state index in [0.29, 0.717) is 16.7 Å². The van der Waals surface area contributed by atoms with Crippen molar-refractivity contribution in [1.82, 2.24) is 15.0 Å². The molecule has 0 aliphatic carbocycles. The standard InChI is InChI=1S/3C9H6BrNO/c3*10-8-3-1-2-7-6(5-12)4-11-9(7)8/h3*1-5,11H. The van der Waals surface area contributed by atoms with Gasteiger partial charge in [0, 0.05) is 64.9 Å². The molecule has 0 unspecified atom stereocenters. The highest BCUT2D eigenvalue weighted by Crippen LogP contribution is 2.26. The zero-order valence-corrected chi connectivity index (χ0v) is 23.3. The van der Waals surface area contributed by atoms with Crippen molar-refractivity contribution in [2.75, 3.05) is 0 Å². The third kappa shape index (κ3) is 5.28. The molecular weight excluding hydrogens is 654 g/mol. The van der Waals surface area contributed by atoms with E-state index in [0.717, 1.165) is 65.0 Å². The van der Waals surface area contributed by atoms with E-state index >= 15 is 0 Å². The van der Waals surface area contributed by atoms with Gasteiger partial charge in [0.15, 0.2) is 18.9 Å². The van der Waals surface area contributed by atoms with Crippen LogP contribution in [-0.4, -0.2) is 33.8 Å². The molecule has 0 radical (unpaired) electrons. The smallest absolute Gasteiger partial charge is 0.152 e. The fraction of sp³-hybridized carbons (Fsp3) is 0. The molecule has 3 N–H and O–H groups in total. The second kappa shape index (κ2) is 11.6. The molecule has 0 spiro atoms. The summed E-state index contributed by atoms with van der Waals surface area (Å²) in [6.45, 7) is 0. The molecular formula is C27H18Br3N3O3. The van der Waals surface area contributed by atoms with Crippen LogP contribution in [0.3, 0.4) is 0 Å². The summed E-state index contributed by atoms with van der Waals surface area (Å²) < 4.78 is 2.94. The van der Waals surface area contributed by atoms with Gasteiger partial charge in [-0.15, -0.1) is 0 Å². The lowest BCUT2D eigenvalue weighted by Crippen LogP contribution is -1.74. The van der Waals surface area contributed by atoms with Crippen molar-refractivity contribution in [1.29, 1.82) is 0 Å².